The number of rotatable bonds is 4. The van der Waals surface area contributed by atoms with E-state index >= 15 is 0 Å². The number of benzene rings is 1. The number of hydrogen-bond acceptors (Lipinski definition) is 6. The van der Waals surface area contributed by atoms with Crippen molar-refractivity contribution in [3.05, 3.63) is 33.8 Å². The third-order valence-corrected chi connectivity index (χ3v) is 5.54. The lowest BCUT2D eigenvalue weighted by Crippen LogP contribution is -2.54. The Morgan fingerprint density at radius 3 is 2.59 bits per heavy atom. The van der Waals surface area contributed by atoms with Gasteiger partial charge in [0.05, 0.1) is 29.5 Å². The molecule has 1 fully saturated rings. The molecule has 2 N–H and O–H groups in total. The molecule has 8 nitrogen and oxygen atoms in total. The van der Waals surface area contributed by atoms with E-state index in [-0.39, 0.29) is 31.3 Å². The number of hydrogen-bond donors (Lipinski definition) is 2. The Labute approximate surface area is 181 Å². The lowest BCUT2D eigenvalue weighted by atomic mass is 9.90. The largest absolute Gasteiger partial charge is 0.444 e. The lowest BCUT2D eigenvalue weighted by Gasteiger charge is -2.37. The Kier molecular flexibility index (Phi) is 7.46. The number of nitrogens with one attached hydrogen (secondary N) is 1. The highest BCUT2D eigenvalue weighted by Gasteiger charge is 2.44. The molecule has 0 radical (unpaired) electrons. The number of carbonyl (C=O) groups excluding carboxylic acids is 1. The monoisotopic (exact) mass is 468 g/mol. The predicted molar refractivity (Wildman–Crippen MR) is 111 cm³/mol. The Hall–Kier alpha value is -1.10. The van der Waals surface area contributed by atoms with Crippen LogP contribution in [0.15, 0.2) is 18.2 Å². The van der Waals surface area contributed by atoms with Crippen molar-refractivity contribution in [2.24, 2.45) is 0 Å². The molecule has 1 saturated heterocycles. The standard InChI is InChI=1S/C18H26Cl2N2O6S/c1-17(2,3)28-16(23)22-7-8-27-15(12-5-6-13(19)14(20)9-12)18(24,11-22)10-21-29(4,25)26/h5-6,9,15,21,24H,7-8,10-11H2,1-4H3. The number of carbonyl (C=O) groups is 1. The Morgan fingerprint density at radius 1 is 1.38 bits per heavy atom. The number of β-amino-alcohol motifs (C(OH)–C–C–N with tert-alkyl or cyclic N) is 1. The summed E-state index contributed by atoms with van der Waals surface area (Å²) in [5.74, 6) is 0. The maximum Gasteiger partial charge on any atom is 0.410 e. The van der Waals surface area contributed by atoms with Crippen molar-refractivity contribution in [2.45, 2.75) is 38.1 Å². The zero-order valence-corrected chi connectivity index (χ0v) is 19.1. The summed E-state index contributed by atoms with van der Waals surface area (Å²) in [5, 5.41) is 12.0. The van der Waals surface area contributed by atoms with Crippen molar-refractivity contribution in [2.75, 3.05) is 32.5 Å². The number of amides is 1. The van der Waals surface area contributed by atoms with Gasteiger partial charge in [-0.2, -0.15) is 0 Å². The second kappa shape index (κ2) is 8.95. The van der Waals surface area contributed by atoms with Crippen molar-refractivity contribution >= 4 is 39.3 Å². The van der Waals surface area contributed by atoms with E-state index in [2.05, 4.69) is 4.72 Å². The molecule has 0 aromatic heterocycles. The molecule has 164 valence electrons. The van der Waals surface area contributed by atoms with Crippen LogP contribution < -0.4 is 4.72 Å². The van der Waals surface area contributed by atoms with Gasteiger partial charge in [-0.15, -0.1) is 0 Å². The SMILES string of the molecule is CC(C)(C)OC(=O)N1CCOC(c2ccc(Cl)c(Cl)c2)C(O)(CNS(C)(=O)=O)C1. The second-order valence-corrected chi connectivity index (χ2v) is 10.7. The molecule has 2 atom stereocenters. The molecular weight excluding hydrogens is 443 g/mol. The van der Waals surface area contributed by atoms with Gasteiger partial charge in [-0.3, -0.25) is 0 Å². The molecule has 1 heterocycles. The molecule has 11 heteroatoms. The van der Waals surface area contributed by atoms with Gasteiger partial charge < -0.3 is 19.5 Å². The molecule has 0 aliphatic carbocycles. The first-order chi connectivity index (χ1) is 13.2. The third kappa shape index (κ3) is 6.97. The van der Waals surface area contributed by atoms with E-state index in [4.69, 9.17) is 32.7 Å². The first-order valence-electron chi connectivity index (χ1n) is 8.92. The van der Waals surface area contributed by atoms with Crippen LogP contribution in [0.3, 0.4) is 0 Å². The summed E-state index contributed by atoms with van der Waals surface area (Å²) >= 11 is 12.1. The number of ether oxygens (including phenoxy) is 2. The average Bonchev–Trinajstić information content (AvgIpc) is 2.73. The highest BCUT2D eigenvalue weighted by molar-refractivity contribution is 7.88. The second-order valence-electron chi connectivity index (χ2n) is 8.02. The fourth-order valence-electron chi connectivity index (χ4n) is 2.90. The summed E-state index contributed by atoms with van der Waals surface area (Å²) in [4.78, 5) is 13.9. The van der Waals surface area contributed by atoms with Gasteiger partial charge in [0.2, 0.25) is 10.0 Å². The van der Waals surface area contributed by atoms with E-state index < -0.39 is 33.4 Å². The van der Waals surface area contributed by atoms with Crippen LogP contribution >= 0.6 is 23.2 Å². The number of halogens is 2. The van der Waals surface area contributed by atoms with Gasteiger partial charge >= 0.3 is 6.09 Å². The molecule has 0 bridgehead atoms. The van der Waals surface area contributed by atoms with Crippen molar-refractivity contribution in [3.8, 4) is 0 Å². The highest BCUT2D eigenvalue weighted by atomic mass is 35.5. The zero-order chi connectivity index (χ0) is 22.0. The molecular formula is C18H26Cl2N2O6S. The molecule has 0 saturated carbocycles. The molecule has 1 aliphatic rings. The first-order valence-corrected chi connectivity index (χ1v) is 11.6. The maximum atomic E-state index is 12.6. The van der Waals surface area contributed by atoms with Gasteiger partial charge in [0.1, 0.15) is 17.3 Å². The fourth-order valence-corrected chi connectivity index (χ4v) is 3.72. The highest BCUT2D eigenvalue weighted by Crippen LogP contribution is 2.36. The van der Waals surface area contributed by atoms with Gasteiger partial charge in [-0.1, -0.05) is 29.3 Å². The summed E-state index contributed by atoms with van der Waals surface area (Å²) in [6, 6.07) is 4.74. The van der Waals surface area contributed by atoms with Crippen LogP contribution in [-0.4, -0.2) is 68.2 Å². The maximum absolute atomic E-state index is 12.6. The minimum absolute atomic E-state index is 0.103. The molecule has 2 unspecified atom stereocenters. The minimum atomic E-state index is -3.61. The van der Waals surface area contributed by atoms with E-state index in [0.717, 1.165) is 6.26 Å². The van der Waals surface area contributed by atoms with Crippen molar-refractivity contribution in [1.29, 1.82) is 0 Å². The van der Waals surface area contributed by atoms with Crippen LogP contribution in [-0.2, 0) is 19.5 Å². The van der Waals surface area contributed by atoms with Gasteiger partial charge in [-0.05, 0) is 38.5 Å². The Morgan fingerprint density at radius 2 is 2.03 bits per heavy atom. The fraction of sp³-hybridized carbons (Fsp3) is 0.611. The van der Waals surface area contributed by atoms with Gasteiger partial charge in [-0.25, -0.2) is 17.9 Å². The van der Waals surface area contributed by atoms with E-state index in [1.807, 2.05) is 0 Å². The number of sulfonamides is 1. The van der Waals surface area contributed by atoms with Crippen molar-refractivity contribution in [3.63, 3.8) is 0 Å². The van der Waals surface area contributed by atoms with Gasteiger partial charge in [0.25, 0.3) is 0 Å². The van der Waals surface area contributed by atoms with Crippen LogP contribution in [0.25, 0.3) is 0 Å². The molecule has 1 amide bonds. The Bertz CT molecular complexity index is 858. The van der Waals surface area contributed by atoms with Crippen LogP contribution in [0.1, 0.15) is 32.4 Å². The van der Waals surface area contributed by atoms with E-state index in [1.54, 1.807) is 39.0 Å². The van der Waals surface area contributed by atoms with Crippen LogP contribution in [0, 0.1) is 0 Å². The first kappa shape index (κ1) is 24.2. The smallest absolute Gasteiger partial charge is 0.410 e. The normalized spacial score (nSPS) is 23.6. The summed E-state index contributed by atoms with van der Waals surface area (Å²) in [6.45, 7) is 4.87. The van der Waals surface area contributed by atoms with Gasteiger partial charge in [0, 0.05) is 13.1 Å². The zero-order valence-electron chi connectivity index (χ0n) is 16.7. The quantitative estimate of drug-likeness (QED) is 0.703. The molecule has 1 aromatic rings. The van der Waals surface area contributed by atoms with E-state index in [9.17, 15) is 18.3 Å². The van der Waals surface area contributed by atoms with Crippen molar-refractivity contribution < 1.29 is 27.8 Å². The third-order valence-electron chi connectivity index (χ3n) is 4.14. The molecule has 0 spiro atoms. The Balaban J connectivity index is 2.38. The van der Waals surface area contributed by atoms with E-state index in [0.29, 0.717) is 10.6 Å². The average molecular weight is 469 g/mol. The topological polar surface area (TPSA) is 105 Å². The van der Waals surface area contributed by atoms with Crippen LogP contribution in [0.2, 0.25) is 10.0 Å². The van der Waals surface area contributed by atoms with Crippen LogP contribution in [0.4, 0.5) is 4.79 Å². The number of aliphatic hydroxyl groups is 1. The molecule has 1 aliphatic heterocycles. The molecule has 2 rings (SSSR count). The number of nitrogens with zero attached hydrogens (tertiary/aromatic N) is 1. The molecule has 29 heavy (non-hydrogen) atoms. The minimum Gasteiger partial charge on any atom is -0.444 e. The lowest BCUT2D eigenvalue weighted by molar-refractivity contribution is -0.0958. The van der Waals surface area contributed by atoms with E-state index in [1.165, 1.54) is 4.90 Å². The van der Waals surface area contributed by atoms with Gasteiger partial charge in [0.15, 0.2) is 0 Å². The summed E-state index contributed by atoms with van der Waals surface area (Å²) in [6.07, 6.45) is -0.610. The summed E-state index contributed by atoms with van der Waals surface area (Å²) in [7, 11) is -3.61. The van der Waals surface area contributed by atoms with Crippen LogP contribution in [0.5, 0.6) is 0 Å². The van der Waals surface area contributed by atoms with Crippen molar-refractivity contribution in [1.82, 2.24) is 9.62 Å². The summed E-state index contributed by atoms with van der Waals surface area (Å²) < 4.78 is 36.8. The summed E-state index contributed by atoms with van der Waals surface area (Å²) in [5.41, 5.74) is -2.01. The predicted octanol–water partition coefficient (Wildman–Crippen LogP) is 2.58. The molecule has 1 aromatic carbocycles.